The van der Waals surface area contributed by atoms with Gasteiger partial charge >= 0.3 is 0 Å². The molecule has 3 rings (SSSR count). The van der Waals surface area contributed by atoms with Crippen molar-refractivity contribution in [1.29, 1.82) is 0 Å². The summed E-state index contributed by atoms with van der Waals surface area (Å²) in [6.07, 6.45) is 3.62. The minimum absolute atomic E-state index is 0.148. The molecule has 1 unspecified atom stereocenters. The number of hydrogen-bond acceptors (Lipinski definition) is 5. The van der Waals surface area contributed by atoms with Gasteiger partial charge in [-0.15, -0.1) is 0 Å². The monoisotopic (exact) mass is 320 g/mol. The van der Waals surface area contributed by atoms with Gasteiger partial charge in [-0.2, -0.15) is 0 Å². The zero-order valence-corrected chi connectivity index (χ0v) is 13.8. The molecule has 22 heavy (non-hydrogen) atoms. The van der Waals surface area contributed by atoms with E-state index >= 15 is 0 Å². The van der Waals surface area contributed by atoms with Crippen LogP contribution in [-0.2, 0) is 10.0 Å². The fourth-order valence-electron chi connectivity index (χ4n) is 3.00. The van der Waals surface area contributed by atoms with E-state index in [-0.39, 0.29) is 17.0 Å². The van der Waals surface area contributed by atoms with E-state index < -0.39 is 10.0 Å². The Hall–Kier alpha value is -1.73. The Labute approximate surface area is 131 Å². The first-order valence-electron chi connectivity index (χ1n) is 7.32. The van der Waals surface area contributed by atoms with Crippen LogP contribution in [0.4, 0.5) is 0 Å². The Morgan fingerprint density at radius 2 is 2.14 bits per heavy atom. The first-order chi connectivity index (χ1) is 10.4. The average molecular weight is 320 g/mol. The van der Waals surface area contributed by atoms with Crippen LogP contribution in [0, 0.1) is 0 Å². The van der Waals surface area contributed by atoms with E-state index in [0.29, 0.717) is 13.0 Å². The normalized spacial score (nSPS) is 25.2. The maximum atomic E-state index is 12.4. The number of sulfonamides is 1. The molecule has 0 aliphatic carbocycles. The van der Waals surface area contributed by atoms with Crippen molar-refractivity contribution < 1.29 is 8.42 Å². The molecule has 0 amide bonds. The molecular formula is C15H20N4O2S. The van der Waals surface area contributed by atoms with Crippen molar-refractivity contribution >= 4 is 15.9 Å². The number of hydrogen-bond donors (Lipinski definition) is 1. The fraction of sp³-hybridized carbons (Fsp3) is 0.467. The maximum Gasteiger partial charge on any atom is 0.242 e. The second kappa shape index (κ2) is 5.48. The van der Waals surface area contributed by atoms with E-state index in [2.05, 4.69) is 33.4 Å². The minimum atomic E-state index is -3.54. The molecule has 1 saturated heterocycles. The molecule has 1 aromatic heterocycles. The summed E-state index contributed by atoms with van der Waals surface area (Å²) in [6, 6.07) is 3.19. The number of rotatable bonds is 3. The zero-order valence-electron chi connectivity index (χ0n) is 12.9. The SMILES string of the molecule is CC1=N[C@@H](C)C(C)=C2CC(NS(=O)(=O)c3cccnc3)CN12. The summed E-state index contributed by atoms with van der Waals surface area (Å²) in [7, 11) is -3.54. The van der Waals surface area contributed by atoms with Gasteiger partial charge in [0.15, 0.2) is 0 Å². The summed E-state index contributed by atoms with van der Waals surface area (Å²) in [5, 5.41) is 0. The molecule has 0 spiro atoms. The minimum Gasteiger partial charge on any atom is -0.332 e. The molecule has 0 radical (unpaired) electrons. The van der Waals surface area contributed by atoms with E-state index in [1.165, 1.54) is 17.5 Å². The van der Waals surface area contributed by atoms with E-state index in [9.17, 15) is 8.42 Å². The van der Waals surface area contributed by atoms with Crippen LogP contribution >= 0.6 is 0 Å². The predicted octanol–water partition coefficient (Wildman–Crippen LogP) is 1.53. The van der Waals surface area contributed by atoms with Crippen LogP contribution in [-0.4, -0.2) is 42.8 Å². The Morgan fingerprint density at radius 3 is 2.82 bits per heavy atom. The number of fused-ring (bicyclic) bond motifs is 1. The van der Waals surface area contributed by atoms with E-state index in [1.54, 1.807) is 18.3 Å². The first-order valence-corrected chi connectivity index (χ1v) is 8.81. The Balaban J connectivity index is 1.81. The molecule has 2 atom stereocenters. The third kappa shape index (κ3) is 2.66. The van der Waals surface area contributed by atoms with E-state index in [4.69, 9.17) is 0 Å². The molecule has 1 aromatic rings. The molecule has 7 heteroatoms. The van der Waals surface area contributed by atoms with Gasteiger partial charge in [-0.25, -0.2) is 13.1 Å². The molecule has 6 nitrogen and oxygen atoms in total. The Kier molecular flexibility index (Phi) is 3.78. The average Bonchev–Trinajstić information content (AvgIpc) is 2.90. The summed E-state index contributed by atoms with van der Waals surface area (Å²) < 4.78 is 27.6. The van der Waals surface area contributed by atoms with Crippen LogP contribution in [0.2, 0.25) is 0 Å². The largest absolute Gasteiger partial charge is 0.332 e. The van der Waals surface area contributed by atoms with Crippen molar-refractivity contribution in [3.8, 4) is 0 Å². The van der Waals surface area contributed by atoms with Crippen molar-refractivity contribution in [2.75, 3.05) is 6.54 Å². The highest BCUT2D eigenvalue weighted by atomic mass is 32.2. The molecule has 1 N–H and O–H groups in total. The van der Waals surface area contributed by atoms with Crippen molar-refractivity contribution in [3.63, 3.8) is 0 Å². The van der Waals surface area contributed by atoms with E-state index in [1.807, 2.05) is 6.92 Å². The van der Waals surface area contributed by atoms with Gasteiger partial charge in [0.1, 0.15) is 10.7 Å². The summed E-state index contributed by atoms with van der Waals surface area (Å²) >= 11 is 0. The predicted molar refractivity (Wildman–Crippen MR) is 84.9 cm³/mol. The number of amidine groups is 1. The number of nitrogens with zero attached hydrogens (tertiary/aromatic N) is 3. The standard InChI is InChI=1S/C15H20N4O2S/c1-10-11(2)17-12(3)19-9-13(7-15(10)19)18-22(20,21)14-5-4-6-16-8-14/h4-6,8,11,13,18H,7,9H2,1-3H3/t11-,13?/m0/s1. The molecule has 2 aliphatic rings. The number of nitrogens with one attached hydrogen (secondary N) is 1. The van der Waals surface area contributed by atoms with Gasteiger partial charge in [-0.3, -0.25) is 9.98 Å². The lowest BCUT2D eigenvalue weighted by molar-refractivity contribution is 0.509. The van der Waals surface area contributed by atoms with Gasteiger partial charge < -0.3 is 4.90 Å². The van der Waals surface area contributed by atoms with Crippen LogP contribution in [0.25, 0.3) is 0 Å². The first kappa shape index (κ1) is 15.2. The number of pyridine rings is 1. The molecule has 118 valence electrons. The summed E-state index contributed by atoms with van der Waals surface area (Å²) in [4.78, 5) is 10.8. The van der Waals surface area contributed by atoms with Crippen molar-refractivity contribution in [2.45, 2.75) is 44.2 Å². The molecule has 1 fully saturated rings. The van der Waals surface area contributed by atoms with Gasteiger partial charge in [-0.05, 0) is 38.5 Å². The lowest BCUT2D eigenvalue weighted by Gasteiger charge is -2.28. The Bertz CT molecular complexity index is 740. The summed E-state index contributed by atoms with van der Waals surface area (Å²) in [5.74, 6) is 0.955. The second-order valence-electron chi connectivity index (χ2n) is 5.80. The van der Waals surface area contributed by atoms with Crippen molar-refractivity contribution in [3.05, 3.63) is 35.8 Å². The topological polar surface area (TPSA) is 74.7 Å². The quantitative estimate of drug-likeness (QED) is 0.916. The molecule has 0 aromatic carbocycles. The highest BCUT2D eigenvalue weighted by Crippen LogP contribution is 2.31. The van der Waals surface area contributed by atoms with Crippen LogP contribution < -0.4 is 4.72 Å². The van der Waals surface area contributed by atoms with Crippen LogP contribution in [0.3, 0.4) is 0 Å². The van der Waals surface area contributed by atoms with Crippen molar-refractivity contribution in [1.82, 2.24) is 14.6 Å². The molecule has 0 saturated carbocycles. The molecule has 0 bridgehead atoms. The highest BCUT2D eigenvalue weighted by Gasteiger charge is 2.35. The van der Waals surface area contributed by atoms with Gasteiger partial charge in [0.25, 0.3) is 0 Å². The van der Waals surface area contributed by atoms with Crippen LogP contribution in [0.1, 0.15) is 27.2 Å². The number of aliphatic imine (C=N–C) groups is 1. The zero-order chi connectivity index (χ0) is 15.9. The third-order valence-electron chi connectivity index (χ3n) is 4.29. The smallest absolute Gasteiger partial charge is 0.242 e. The Morgan fingerprint density at radius 1 is 1.36 bits per heavy atom. The third-order valence-corrected chi connectivity index (χ3v) is 5.79. The van der Waals surface area contributed by atoms with Gasteiger partial charge in [0, 0.05) is 37.1 Å². The second-order valence-corrected chi connectivity index (χ2v) is 7.52. The lowest BCUT2D eigenvalue weighted by Crippen LogP contribution is -2.38. The summed E-state index contributed by atoms with van der Waals surface area (Å²) in [5.41, 5.74) is 2.41. The van der Waals surface area contributed by atoms with Gasteiger partial charge in [0.2, 0.25) is 10.0 Å². The molecule has 3 heterocycles. The number of aromatic nitrogens is 1. The summed E-state index contributed by atoms with van der Waals surface area (Å²) in [6.45, 7) is 6.73. The maximum absolute atomic E-state index is 12.4. The lowest BCUT2D eigenvalue weighted by atomic mass is 10.0. The highest BCUT2D eigenvalue weighted by molar-refractivity contribution is 7.89. The van der Waals surface area contributed by atoms with Gasteiger partial charge in [-0.1, -0.05) is 0 Å². The molecule has 2 aliphatic heterocycles. The molecular weight excluding hydrogens is 300 g/mol. The van der Waals surface area contributed by atoms with E-state index in [0.717, 1.165) is 5.84 Å². The van der Waals surface area contributed by atoms with Crippen LogP contribution in [0.5, 0.6) is 0 Å². The fourth-order valence-corrected chi connectivity index (χ4v) is 4.19. The van der Waals surface area contributed by atoms with Gasteiger partial charge in [0.05, 0.1) is 6.04 Å². The van der Waals surface area contributed by atoms with Crippen molar-refractivity contribution in [2.24, 2.45) is 4.99 Å². The van der Waals surface area contributed by atoms with Crippen LogP contribution in [0.15, 0.2) is 45.7 Å².